The first-order chi connectivity index (χ1) is 6.65. The SMILES string of the molecule is COc1cc(CC(C)N)nc(OC)n1. The predicted octanol–water partition coefficient (Wildman–Crippen LogP) is 0.384. The number of hydrogen-bond acceptors (Lipinski definition) is 5. The van der Waals surface area contributed by atoms with Crippen LogP contribution in [0.5, 0.6) is 11.9 Å². The number of hydrogen-bond donors (Lipinski definition) is 1. The van der Waals surface area contributed by atoms with Crippen molar-refractivity contribution < 1.29 is 9.47 Å². The molecule has 0 aliphatic heterocycles. The standard InChI is InChI=1S/C9H15N3O2/c1-6(10)4-7-5-8(13-2)12-9(11-7)14-3/h5-6H,4,10H2,1-3H3. The number of methoxy groups -OCH3 is 2. The van der Waals surface area contributed by atoms with Crippen LogP contribution in [0.25, 0.3) is 0 Å². The highest BCUT2D eigenvalue weighted by atomic mass is 16.5. The van der Waals surface area contributed by atoms with E-state index in [2.05, 4.69) is 9.97 Å². The first-order valence-electron chi connectivity index (χ1n) is 4.37. The molecule has 1 rings (SSSR count). The van der Waals surface area contributed by atoms with Gasteiger partial charge in [0.2, 0.25) is 5.88 Å². The minimum absolute atomic E-state index is 0.0549. The molecule has 5 heteroatoms. The van der Waals surface area contributed by atoms with Gasteiger partial charge in [0.05, 0.1) is 19.9 Å². The van der Waals surface area contributed by atoms with Crippen molar-refractivity contribution in [2.75, 3.05) is 14.2 Å². The lowest BCUT2D eigenvalue weighted by molar-refractivity contribution is 0.349. The minimum atomic E-state index is 0.0549. The van der Waals surface area contributed by atoms with Gasteiger partial charge >= 0.3 is 6.01 Å². The quantitative estimate of drug-likeness (QED) is 0.755. The third-order valence-corrected chi connectivity index (χ3v) is 1.66. The number of nitrogens with zero attached hydrogens (tertiary/aromatic N) is 2. The average Bonchev–Trinajstić information content (AvgIpc) is 2.16. The molecule has 0 aromatic carbocycles. The van der Waals surface area contributed by atoms with E-state index in [1.165, 1.54) is 7.11 Å². The van der Waals surface area contributed by atoms with Crippen molar-refractivity contribution in [2.24, 2.45) is 5.73 Å². The maximum Gasteiger partial charge on any atom is 0.319 e. The fraction of sp³-hybridized carbons (Fsp3) is 0.556. The van der Waals surface area contributed by atoms with Crippen LogP contribution in [0, 0.1) is 0 Å². The van der Waals surface area contributed by atoms with Crippen LogP contribution in [0.4, 0.5) is 0 Å². The third-order valence-electron chi connectivity index (χ3n) is 1.66. The Kier molecular flexibility index (Phi) is 3.64. The highest BCUT2D eigenvalue weighted by molar-refractivity contribution is 5.19. The second-order valence-electron chi connectivity index (χ2n) is 3.07. The van der Waals surface area contributed by atoms with E-state index in [0.29, 0.717) is 18.3 Å². The molecule has 0 saturated carbocycles. The third kappa shape index (κ3) is 2.85. The van der Waals surface area contributed by atoms with Gasteiger partial charge in [-0.2, -0.15) is 9.97 Å². The smallest absolute Gasteiger partial charge is 0.319 e. The molecule has 0 aliphatic rings. The molecule has 0 aliphatic carbocycles. The van der Waals surface area contributed by atoms with E-state index in [4.69, 9.17) is 15.2 Å². The lowest BCUT2D eigenvalue weighted by Crippen LogP contribution is -2.18. The second kappa shape index (κ2) is 4.76. The van der Waals surface area contributed by atoms with Crippen molar-refractivity contribution in [1.82, 2.24) is 9.97 Å². The van der Waals surface area contributed by atoms with Crippen LogP contribution in [0.2, 0.25) is 0 Å². The van der Waals surface area contributed by atoms with Gasteiger partial charge in [0, 0.05) is 18.5 Å². The molecule has 14 heavy (non-hydrogen) atoms. The first-order valence-corrected chi connectivity index (χ1v) is 4.37. The Balaban J connectivity index is 2.92. The maximum absolute atomic E-state index is 5.67. The number of rotatable bonds is 4. The second-order valence-corrected chi connectivity index (χ2v) is 3.07. The highest BCUT2D eigenvalue weighted by Gasteiger charge is 2.06. The molecule has 0 saturated heterocycles. The van der Waals surface area contributed by atoms with Gasteiger partial charge in [-0.3, -0.25) is 0 Å². The lowest BCUT2D eigenvalue weighted by Gasteiger charge is -2.07. The molecule has 1 atom stereocenters. The zero-order chi connectivity index (χ0) is 10.6. The van der Waals surface area contributed by atoms with Gasteiger partial charge in [-0.1, -0.05) is 0 Å². The van der Waals surface area contributed by atoms with Crippen LogP contribution in [-0.4, -0.2) is 30.2 Å². The molecule has 0 bridgehead atoms. The van der Waals surface area contributed by atoms with Gasteiger partial charge in [-0.25, -0.2) is 0 Å². The normalized spacial score (nSPS) is 12.3. The molecule has 0 radical (unpaired) electrons. The van der Waals surface area contributed by atoms with Crippen molar-refractivity contribution in [2.45, 2.75) is 19.4 Å². The van der Waals surface area contributed by atoms with Crippen LogP contribution in [0.15, 0.2) is 6.07 Å². The molecule has 2 N–H and O–H groups in total. The van der Waals surface area contributed by atoms with Gasteiger partial charge in [0.25, 0.3) is 0 Å². The number of nitrogens with two attached hydrogens (primary N) is 1. The summed E-state index contributed by atoms with van der Waals surface area (Å²) in [4.78, 5) is 8.13. The predicted molar refractivity (Wildman–Crippen MR) is 52.5 cm³/mol. The summed E-state index contributed by atoms with van der Waals surface area (Å²) in [5.74, 6) is 0.493. The maximum atomic E-state index is 5.67. The Bertz CT molecular complexity index is 280. The van der Waals surface area contributed by atoms with Crippen molar-refractivity contribution in [3.05, 3.63) is 11.8 Å². The largest absolute Gasteiger partial charge is 0.481 e. The molecule has 0 amide bonds. The molecule has 1 unspecified atom stereocenters. The van der Waals surface area contributed by atoms with Gasteiger partial charge in [0.1, 0.15) is 0 Å². The van der Waals surface area contributed by atoms with E-state index in [0.717, 1.165) is 5.69 Å². The van der Waals surface area contributed by atoms with E-state index in [9.17, 15) is 0 Å². The molecule has 1 heterocycles. The van der Waals surface area contributed by atoms with Crippen molar-refractivity contribution in [3.8, 4) is 11.9 Å². The van der Waals surface area contributed by atoms with Gasteiger partial charge in [0.15, 0.2) is 0 Å². The zero-order valence-electron chi connectivity index (χ0n) is 8.65. The van der Waals surface area contributed by atoms with E-state index >= 15 is 0 Å². The Hall–Kier alpha value is -1.36. The fourth-order valence-electron chi connectivity index (χ4n) is 1.08. The highest BCUT2D eigenvalue weighted by Crippen LogP contribution is 2.14. The van der Waals surface area contributed by atoms with Gasteiger partial charge < -0.3 is 15.2 Å². The first kappa shape index (κ1) is 10.7. The summed E-state index contributed by atoms with van der Waals surface area (Å²) in [7, 11) is 3.07. The molecule has 0 fully saturated rings. The Morgan fingerprint density at radius 3 is 2.57 bits per heavy atom. The summed E-state index contributed by atoms with van der Waals surface area (Å²) >= 11 is 0. The van der Waals surface area contributed by atoms with E-state index in [-0.39, 0.29) is 6.04 Å². The summed E-state index contributed by atoms with van der Waals surface area (Å²) in [5, 5.41) is 0. The molecule has 1 aromatic heterocycles. The van der Waals surface area contributed by atoms with E-state index in [1.807, 2.05) is 6.92 Å². The van der Waals surface area contributed by atoms with Crippen LogP contribution < -0.4 is 15.2 Å². The van der Waals surface area contributed by atoms with E-state index < -0.39 is 0 Å². The number of aromatic nitrogens is 2. The Morgan fingerprint density at radius 2 is 2.07 bits per heavy atom. The van der Waals surface area contributed by atoms with Gasteiger partial charge in [-0.15, -0.1) is 0 Å². The molecule has 0 spiro atoms. The monoisotopic (exact) mass is 197 g/mol. The summed E-state index contributed by atoms with van der Waals surface area (Å²) in [6.45, 7) is 1.92. The molecule has 1 aromatic rings. The Labute approximate surface area is 83.3 Å². The molecular formula is C9H15N3O2. The summed E-state index contributed by atoms with van der Waals surface area (Å²) in [5.41, 5.74) is 6.49. The van der Waals surface area contributed by atoms with Gasteiger partial charge in [-0.05, 0) is 6.92 Å². The van der Waals surface area contributed by atoms with E-state index in [1.54, 1.807) is 13.2 Å². The van der Waals surface area contributed by atoms with Crippen molar-refractivity contribution in [3.63, 3.8) is 0 Å². The molecular weight excluding hydrogens is 182 g/mol. The number of ether oxygens (including phenoxy) is 2. The van der Waals surface area contributed by atoms with Crippen LogP contribution in [0.3, 0.4) is 0 Å². The Morgan fingerprint density at radius 1 is 1.36 bits per heavy atom. The zero-order valence-corrected chi connectivity index (χ0v) is 8.65. The molecule has 5 nitrogen and oxygen atoms in total. The fourth-order valence-corrected chi connectivity index (χ4v) is 1.08. The van der Waals surface area contributed by atoms with Crippen molar-refractivity contribution >= 4 is 0 Å². The summed E-state index contributed by atoms with van der Waals surface area (Å²) < 4.78 is 9.94. The topological polar surface area (TPSA) is 70.3 Å². The van der Waals surface area contributed by atoms with Crippen molar-refractivity contribution in [1.29, 1.82) is 0 Å². The lowest BCUT2D eigenvalue weighted by atomic mass is 10.2. The minimum Gasteiger partial charge on any atom is -0.481 e. The molecule has 78 valence electrons. The summed E-state index contributed by atoms with van der Waals surface area (Å²) in [6, 6.07) is 2.12. The van der Waals surface area contributed by atoms with Crippen LogP contribution in [-0.2, 0) is 6.42 Å². The van der Waals surface area contributed by atoms with Crippen LogP contribution >= 0.6 is 0 Å². The summed E-state index contributed by atoms with van der Waals surface area (Å²) in [6.07, 6.45) is 0.676. The average molecular weight is 197 g/mol. The van der Waals surface area contributed by atoms with Crippen LogP contribution in [0.1, 0.15) is 12.6 Å².